The Morgan fingerprint density at radius 2 is 2.12 bits per heavy atom. The van der Waals surface area contributed by atoms with Gasteiger partial charge in [-0.05, 0) is 13.0 Å². The normalized spacial score (nSPS) is 14.3. The monoisotopic (exact) mass is 245 g/mol. The topological polar surface area (TPSA) is 79.7 Å². The summed E-state index contributed by atoms with van der Waals surface area (Å²) in [5.41, 5.74) is 0.860. The predicted molar refractivity (Wildman–Crippen MR) is 57.0 cm³/mol. The molecule has 0 saturated carbocycles. The highest BCUT2D eigenvalue weighted by atomic mass is 35.5. The highest BCUT2D eigenvalue weighted by Gasteiger charge is 2.28. The summed E-state index contributed by atoms with van der Waals surface area (Å²) in [5, 5.41) is 19.2. The highest BCUT2D eigenvalue weighted by Crippen LogP contribution is 2.24. The van der Waals surface area contributed by atoms with Gasteiger partial charge in [-0.3, -0.25) is 0 Å². The van der Waals surface area contributed by atoms with Crippen molar-refractivity contribution in [3.63, 3.8) is 0 Å². The van der Waals surface area contributed by atoms with Crippen LogP contribution in [0.15, 0.2) is 12.1 Å². The lowest BCUT2D eigenvalue weighted by Crippen LogP contribution is -2.29. The number of halogens is 1. The van der Waals surface area contributed by atoms with Crippen LogP contribution in [0.1, 0.15) is 17.4 Å². The first kappa shape index (κ1) is 12.9. The summed E-state index contributed by atoms with van der Waals surface area (Å²) in [6.45, 7) is 1.73. The van der Waals surface area contributed by atoms with Crippen molar-refractivity contribution in [1.29, 1.82) is 0 Å². The molecule has 0 radical (unpaired) electrons. The third-order valence-corrected chi connectivity index (χ3v) is 2.38. The number of carbonyl (C=O) groups excluding carboxylic acids is 1. The van der Waals surface area contributed by atoms with Crippen LogP contribution >= 0.6 is 11.6 Å². The van der Waals surface area contributed by atoms with E-state index >= 15 is 0 Å². The molecule has 1 heterocycles. The van der Waals surface area contributed by atoms with Gasteiger partial charge in [-0.15, -0.1) is 0 Å². The summed E-state index contributed by atoms with van der Waals surface area (Å²) in [6.07, 6.45) is -3.12. The number of ether oxygens (including phenoxy) is 1. The minimum Gasteiger partial charge on any atom is -0.467 e. The van der Waals surface area contributed by atoms with Crippen molar-refractivity contribution in [3.8, 4) is 0 Å². The number of aromatic nitrogens is 1. The number of pyridine rings is 1. The third-order valence-electron chi connectivity index (χ3n) is 2.08. The van der Waals surface area contributed by atoms with Crippen LogP contribution in [-0.2, 0) is 9.53 Å². The molecule has 0 bridgehead atoms. The molecule has 1 rings (SSSR count). The van der Waals surface area contributed by atoms with Gasteiger partial charge in [-0.25, -0.2) is 9.78 Å². The smallest absolute Gasteiger partial charge is 0.337 e. The van der Waals surface area contributed by atoms with Crippen molar-refractivity contribution in [3.05, 3.63) is 28.5 Å². The summed E-state index contributed by atoms with van der Waals surface area (Å²) < 4.78 is 4.31. The van der Waals surface area contributed by atoms with Gasteiger partial charge in [0.2, 0.25) is 0 Å². The lowest BCUT2D eigenvalue weighted by atomic mass is 10.1. The molecule has 2 unspecified atom stereocenters. The zero-order valence-corrected chi connectivity index (χ0v) is 9.60. The first-order chi connectivity index (χ1) is 7.47. The van der Waals surface area contributed by atoms with Crippen LogP contribution in [0.25, 0.3) is 0 Å². The third kappa shape index (κ3) is 2.69. The number of rotatable bonds is 3. The molecular weight excluding hydrogens is 234 g/mol. The molecule has 2 N–H and O–H groups in total. The lowest BCUT2D eigenvalue weighted by Gasteiger charge is -2.16. The van der Waals surface area contributed by atoms with Gasteiger partial charge in [0, 0.05) is 11.3 Å². The van der Waals surface area contributed by atoms with Gasteiger partial charge in [0.05, 0.1) is 7.11 Å². The van der Waals surface area contributed by atoms with Crippen LogP contribution in [0.2, 0.25) is 5.15 Å². The maximum atomic E-state index is 11.0. The Hall–Kier alpha value is -1.17. The molecule has 1 aromatic heterocycles. The van der Waals surface area contributed by atoms with Crippen molar-refractivity contribution in [2.75, 3.05) is 7.11 Å². The molecule has 6 heteroatoms. The van der Waals surface area contributed by atoms with E-state index in [-0.39, 0.29) is 10.7 Å². The summed E-state index contributed by atoms with van der Waals surface area (Å²) in [6, 6.07) is 3.12. The first-order valence-corrected chi connectivity index (χ1v) is 4.92. The van der Waals surface area contributed by atoms with Gasteiger partial charge in [0.15, 0.2) is 6.10 Å². The molecule has 0 aromatic carbocycles. The number of aliphatic hydroxyl groups excluding tert-OH is 2. The molecule has 5 nitrogen and oxygen atoms in total. The zero-order chi connectivity index (χ0) is 12.3. The van der Waals surface area contributed by atoms with Gasteiger partial charge in [0.1, 0.15) is 11.3 Å². The van der Waals surface area contributed by atoms with Crippen molar-refractivity contribution < 1.29 is 19.7 Å². The summed E-state index contributed by atoms with van der Waals surface area (Å²) in [4.78, 5) is 14.9. The van der Waals surface area contributed by atoms with Gasteiger partial charge in [-0.1, -0.05) is 17.7 Å². The van der Waals surface area contributed by atoms with Crippen molar-refractivity contribution in [1.82, 2.24) is 4.98 Å². The second-order valence-corrected chi connectivity index (χ2v) is 3.60. The SMILES string of the molecule is COC(=O)C(O)C(O)c1ccc(C)nc1Cl. The van der Waals surface area contributed by atoms with Crippen LogP contribution in [0.4, 0.5) is 0 Å². The molecule has 1 aromatic rings. The van der Waals surface area contributed by atoms with E-state index in [1.807, 2.05) is 0 Å². The van der Waals surface area contributed by atoms with E-state index < -0.39 is 18.2 Å². The lowest BCUT2D eigenvalue weighted by molar-refractivity contribution is -0.156. The quantitative estimate of drug-likeness (QED) is 0.603. The Morgan fingerprint density at radius 1 is 1.50 bits per heavy atom. The second kappa shape index (κ2) is 5.25. The molecule has 16 heavy (non-hydrogen) atoms. The number of carbonyl (C=O) groups is 1. The molecular formula is C10H12ClNO4. The maximum absolute atomic E-state index is 11.0. The van der Waals surface area contributed by atoms with Crippen LogP contribution < -0.4 is 0 Å². The average Bonchev–Trinajstić information content (AvgIpc) is 2.26. The molecule has 0 fully saturated rings. The van der Waals surface area contributed by atoms with E-state index in [2.05, 4.69) is 9.72 Å². The summed E-state index contributed by atoms with van der Waals surface area (Å²) >= 11 is 5.78. The Balaban J connectivity index is 2.96. The average molecular weight is 246 g/mol. The fourth-order valence-electron chi connectivity index (χ4n) is 1.18. The standard InChI is InChI=1S/C10H12ClNO4/c1-5-3-4-6(9(11)12-5)7(13)8(14)10(15)16-2/h3-4,7-8,13-14H,1-2H3. The fourth-order valence-corrected chi connectivity index (χ4v) is 1.48. The van der Waals surface area contributed by atoms with Gasteiger partial charge in [-0.2, -0.15) is 0 Å². The molecule has 0 aliphatic carbocycles. The fraction of sp³-hybridized carbons (Fsp3) is 0.400. The largest absolute Gasteiger partial charge is 0.467 e. The molecule has 0 aliphatic rings. The van der Waals surface area contributed by atoms with Crippen LogP contribution in [0.5, 0.6) is 0 Å². The number of hydrogen-bond donors (Lipinski definition) is 2. The Kier molecular flexibility index (Phi) is 4.23. The number of nitrogens with zero attached hydrogens (tertiary/aromatic N) is 1. The minimum atomic E-state index is -1.67. The Labute approximate surface area is 97.6 Å². The summed E-state index contributed by atoms with van der Waals surface area (Å²) in [7, 11) is 1.12. The van der Waals surface area contributed by atoms with Crippen LogP contribution in [0, 0.1) is 6.92 Å². The molecule has 0 amide bonds. The first-order valence-electron chi connectivity index (χ1n) is 4.54. The Morgan fingerprint density at radius 3 is 2.62 bits per heavy atom. The van der Waals surface area contributed by atoms with Crippen molar-refractivity contribution >= 4 is 17.6 Å². The van der Waals surface area contributed by atoms with E-state index in [4.69, 9.17) is 11.6 Å². The van der Waals surface area contributed by atoms with E-state index in [0.29, 0.717) is 5.69 Å². The number of methoxy groups -OCH3 is 1. The van der Waals surface area contributed by atoms with Gasteiger partial charge < -0.3 is 14.9 Å². The number of aryl methyl sites for hydroxylation is 1. The zero-order valence-electron chi connectivity index (χ0n) is 8.85. The number of hydrogen-bond acceptors (Lipinski definition) is 5. The van der Waals surface area contributed by atoms with E-state index in [1.165, 1.54) is 6.07 Å². The van der Waals surface area contributed by atoms with Gasteiger partial charge >= 0.3 is 5.97 Å². The van der Waals surface area contributed by atoms with Gasteiger partial charge in [0.25, 0.3) is 0 Å². The summed E-state index contributed by atoms with van der Waals surface area (Å²) in [5.74, 6) is -0.927. The molecule has 0 aliphatic heterocycles. The Bertz CT molecular complexity index is 396. The molecule has 0 saturated heterocycles. The van der Waals surface area contributed by atoms with E-state index in [0.717, 1.165) is 7.11 Å². The van der Waals surface area contributed by atoms with Crippen molar-refractivity contribution in [2.24, 2.45) is 0 Å². The highest BCUT2D eigenvalue weighted by molar-refractivity contribution is 6.30. The van der Waals surface area contributed by atoms with Crippen LogP contribution in [0.3, 0.4) is 0 Å². The van der Waals surface area contributed by atoms with Crippen molar-refractivity contribution in [2.45, 2.75) is 19.1 Å². The molecule has 0 spiro atoms. The predicted octanol–water partition coefficient (Wildman–Crippen LogP) is 0.611. The maximum Gasteiger partial charge on any atom is 0.337 e. The second-order valence-electron chi connectivity index (χ2n) is 3.25. The van der Waals surface area contributed by atoms with Crippen LogP contribution in [-0.4, -0.2) is 34.4 Å². The minimum absolute atomic E-state index is 0.0513. The number of aliphatic hydroxyl groups is 2. The van der Waals surface area contributed by atoms with E-state index in [1.54, 1.807) is 13.0 Å². The molecule has 2 atom stereocenters. The molecule has 88 valence electrons. The number of esters is 1. The van der Waals surface area contributed by atoms with E-state index in [9.17, 15) is 15.0 Å².